The van der Waals surface area contributed by atoms with Crippen molar-refractivity contribution in [3.63, 3.8) is 0 Å². The first-order chi connectivity index (χ1) is 13.4. The summed E-state index contributed by atoms with van der Waals surface area (Å²) in [5.41, 5.74) is 0.242. The normalized spacial score (nSPS) is 13.9. The number of ether oxygens (including phenoxy) is 1. The van der Waals surface area contributed by atoms with Crippen molar-refractivity contribution in [1.82, 2.24) is 0 Å². The van der Waals surface area contributed by atoms with E-state index in [1.54, 1.807) is 18.2 Å². The molecule has 3 rings (SSSR count). The molecular weight excluding hydrogens is 387 g/mol. The van der Waals surface area contributed by atoms with Crippen LogP contribution in [0.25, 0.3) is 0 Å². The summed E-state index contributed by atoms with van der Waals surface area (Å²) < 4.78 is 19.1. The first-order valence-corrected chi connectivity index (χ1v) is 8.89. The van der Waals surface area contributed by atoms with E-state index in [0.29, 0.717) is 17.0 Å². The highest BCUT2D eigenvalue weighted by molar-refractivity contribution is 6.53. The molecule has 0 aromatic heterocycles. The average molecular weight is 403 g/mol. The smallest absolute Gasteiger partial charge is 0.338 e. The van der Waals surface area contributed by atoms with E-state index in [1.807, 2.05) is 6.92 Å². The van der Waals surface area contributed by atoms with Crippen molar-refractivity contribution in [3.8, 4) is 0 Å². The number of halogens is 2. The molecule has 1 aliphatic heterocycles. The number of esters is 1. The highest BCUT2D eigenvalue weighted by Gasteiger charge is 2.40. The third-order valence-corrected chi connectivity index (χ3v) is 4.28. The number of carbonyl (C=O) groups excluding carboxylic acids is 3. The number of rotatable bonds is 6. The van der Waals surface area contributed by atoms with Gasteiger partial charge in [-0.05, 0) is 36.8 Å². The van der Waals surface area contributed by atoms with E-state index in [9.17, 15) is 18.8 Å². The number of anilines is 2. The maximum atomic E-state index is 14.0. The summed E-state index contributed by atoms with van der Waals surface area (Å²) >= 11 is 6.03. The summed E-state index contributed by atoms with van der Waals surface area (Å²) in [5.74, 6) is -2.86. The molecule has 144 valence electrons. The van der Waals surface area contributed by atoms with Crippen molar-refractivity contribution in [2.24, 2.45) is 0 Å². The Morgan fingerprint density at radius 3 is 2.61 bits per heavy atom. The van der Waals surface area contributed by atoms with Crippen LogP contribution in [0, 0.1) is 5.82 Å². The minimum absolute atomic E-state index is 0.190. The zero-order valence-electron chi connectivity index (χ0n) is 14.9. The predicted octanol–water partition coefficient (Wildman–Crippen LogP) is 3.83. The number of hydrogen-bond acceptors (Lipinski definition) is 5. The number of nitrogens with one attached hydrogen (secondary N) is 1. The summed E-state index contributed by atoms with van der Waals surface area (Å²) in [6.07, 6.45) is 0.689. The van der Waals surface area contributed by atoms with Crippen LogP contribution in [0.5, 0.6) is 0 Å². The molecule has 0 unspecified atom stereocenters. The lowest BCUT2D eigenvalue weighted by Gasteiger charge is -2.15. The quantitative estimate of drug-likeness (QED) is 0.587. The van der Waals surface area contributed by atoms with E-state index in [2.05, 4.69) is 5.32 Å². The molecule has 0 bridgehead atoms. The largest absolute Gasteiger partial charge is 0.462 e. The van der Waals surface area contributed by atoms with E-state index in [0.717, 1.165) is 6.07 Å². The Morgan fingerprint density at radius 2 is 1.89 bits per heavy atom. The summed E-state index contributed by atoms with van der Waals surface area (Å²) in [5, 5.41) is 2.38. The Kier molecular flexibility index (Phi) is 5.75. The molecular formula is C20H16ClFN2O4. The van der Waals surface area contributed by atoms with E-state index < -0.39 is 23.6 Å². The molecule has 2 amide bonds. The maximum absolute atomic E-state index is 14.0. The lowest BCUT2D eigenvalue weighted by molar-refractivity contribution is -0.120. The fourth-order valence-corrected chi connectivity index (χ4v) is 2.82. The summed E-state index contributed by atoms with van der Waals surface area (Å²) in [7, 11) is 0. The standard InChI is InChI=1S/C20H16ClFN2O4/c1-2-10-28-20(27)12-6-5-7-13(11-12)23-17-16(21)18(25)24(19(17)26)15-9-4-3-8-14(15)22/h3-9,11,23H,2,10H2,1H3. The van der Waals surface area contributed by atoms with Crippen LogP contribution in [0.15, 0.2) is 59.3 Å². The second-order valence-electron chi connectivity index (χ2n) is 5.93. The van der Waals surface area contributed by atoms with E-state index >= 15 is 0 Å². The van der Waals surface area contributed by atoms with Gasteiger partial charge in [0.25, 0.3) is 11.8 Å². The number of carbonyl (C=O) groups is 3. The minimum Gasteiger partial charge on any atom is -0.462 e. The maximum Gasteiger partial charge on any atom is 0.338 e. The van der Waals surface area contributed by atoms with Gasteiger partial charge in [-0.25, -0.2) is 14.1 Å². The van der Waals surface area contributed by atoms with Crippen LogP contribution in [-0.2, 0) is 14.3 Å². The minimum atomic E-state index is -0.835. The molecule has 0 saturated carbocycles. The van der Waals surface area contributed by atoms with E-state index in [1.165, 1.54) is 24.3 Å². The molecule has 1 N–H and O–H groups in total. The fraction of sp³-hybridized carbons (Fsp3) is 0.150. The molecule has 1 heterocycles. The Balaban J connectivity index is 1.85. The van der Waals surface area contributed by atoms with Crippen molar-refractivity contribution in [2.45, 2.75) is 13.3 Å². The van der Waals surface area contributed by atoms with Crippen LogP contribution in [0.2, 0.25) is 0 Å². The molecule has 0 spiro atoms. The van der Waals surface area contributed by atoms with E-state index in [-0.39, 0.29) is 28.6 Å². The van der Waals surface area contributed by atoms with Crippen LogP contribution >= 0.6 is 11.6 Å². The molecule has 2 aromatic rings. The van der Waals surface area contributed by atoms with Gasteiger partial charge in [-0.1, -0.05) is 36.7 Å². The Bertz CT molecular complexity index is 990. The van der Waals surface area contributed by atoms with Gasteiger partial charge in [0.2, 0.25) is 0 Å². The van der Waals surface area contributed by atoms with Crippen LogP contribution in [0.3, 0.4) is 0 Å². The van der Waals surface area contributed by atoms with Crippen LogP contribution in [0.4, 0.5) is 15.8 Å². The van der Waals surface area contributed by atoms with Gasteiger partial charge in [0, 0.05) is 5.69 Å². The molecule has 0 saturated heterocycles. The lowest BCUT2D eigenvalue weighted by Crippen LogP contribution is -2.33. The molecule has 0 radical (unpaired) electrons. The first-order valence-electron chi connectivity index (χ1n) is 8.51. The molecule has 6 nitrogen and oxygen atoms in total. The SMILES string of the molecule is CCCOC(=O)c1cccc(NC2=C(Cl)C(=O)N(c3ccccc3F)C2=O)c1. The zero-order chi connectivity index (χ0) is 20.3. The van der Waals surface area contributed by atoms with Crippen molar-refractivity contribution >= 4 is 40.8 Å². The highest BCUT2D eigenvalue weighted by Crippen LogP contribution is 2.31. The van der Waals surface area contributed by atoms with Gasteiger partial charge in [-0.3, -0.25) is 9.59 Å². The van der Waals surface area contributed by atoms with Gasteiger partial charge in [0.1, 0.15) is 16.5 Å². The number of benzene rings is 2. The summed E-state index contributed by atoms with van der Waals surface area (Å²) in [4.78, 5) is 37.7. The van der Waals surface area contributed by atoms with Gasteiger partial charge < -0.3 is 10.1 Å². The van der Waals surface area contributed by atoms with Gasteiger partial charge in [0.15, 0.2) is 0 Å². The number of para-hydroxylation sites is 1. The number of amides is 2. The monoisotopic (exact) mass is 402 g/mol. The van der Waals surface area contributed by atoms with Crippen LogP contribution in [-0.4, -0.2) is 24.4 Å². The van der Waals surface area contributed by atoms with Gasteiger partial charge >= 0.3 is 5.97 Å². The highest BCUT2D eigenvalue weighted by atomic mass is 35.5. The number of hydrogen-bond donors (Lipinski definition) is 1. The van der Waals surface area contributed by atoms with Gasteiger partial charge in [-0.2, -0.15) is 0 Å². The number of nitrogens with zero attached hydrogens (tertiary/aromatic N) is 1. The van der Waals surface area contributed by atoms with E-state index in [4.69, 9.17) is 16.3 Å². The molecule has 28 heavy (non-hydrogen) atoms. The second-order valence-corrected chi connectivity index (χ2v) is 6.31. The Labute approximate surface area is 165 Å². The average Bonchev–Trinajstić information content (AvgIpc) is 2.90. The van der Waals surface area contributed by atoms with Gasteiger partial charge in [-0.15, -0.1) is 0 Å². The fourth-order valence-electron chi connectivity index (χ4n) is 2.61. The van der Waals surface area contributed by atoms with Crippen LogP contribution < -0.4 is 10.2 Å². The van der Waals surface area contributed by atoms with Crippen molar-refractivity contribution in [3.05, 3.63) is 70.6 Å². The topological polar surface area (TPSA) is 75.7 Å². The molecule has 0 fully saturated rings. The second kappa shape index (κ2) is 8.22. The van der Waals surface area contributed by atoms with Crippen molar-refractivity contribution in [2.75, 3.05) is 16.8 Å². The predicted molar refractivity (Wildman–Crippen MR) is 102 cm³/mol. The summed E-state index contributed by atoms with van der Waals surface area (Å²) in [6, 6.07) is 11.6. The Hall–Kier alpha value is -3.19. The van der Waals surface area contributed by atoms with Gasteiger partial charge in [0.05, 0.1) is 17.9 Å². The molecule has 1 aliphatic rings. The molecule has 8 heteroatoms. The molecule has 0 atom stereocenters. The van der Waals surface area contributed by atoms with Crippen LogP contribution in [0.1, 0.15) is 23.7 Å². The Morgan fingerprint density at radius 1 is 1.14 bits per heavy atom. The third-order valence-electron chi connectivity index (χ3n) is 3.93. The first kappa shape index (κ1) is 19.6. The molecule has 2 aromatic carbocycles. The third kappa shape index (κ3) is 3.75. The number of imide groups is 1. The summed E-state index contributed by atoms with van der Waals surface area (Å²) in [6.45, 7) is 2.17. The molecule has 0 aliphatic carbocycles. The lowest BCUT2D eigenvalue weighted by atomic mass is 10.2. The van der Waals surface area contributed by atoms with Crippen molar-refractivity contribution < 1.29 is 23.5 Å². The van der Waals surface area contributed by atoms with Crippen molar-refractivity contribution in [1.29, 1.82) is 0 Å². The zero-order valence-corrected chi connectivity index (χ0v) is 15.6.